The van der Waals surface area contributed by atoms with Crippen molar-refractivity contribution in [3.05, 3.63) is 35.1 Å². The monoisotopic (exact) mass is 203 g/mol. The van der Waals surface area contributed by atoms with E-state index in [2.05, 4.69) is 32.9 Å². The van der Waals surface area contributed by atoms with Gasteiger partial charge in [0.1, 0.15) is 11.3 Å². The van der Waals surface area contributed by atoms with Crippen LogP contribution in [0.1, 0.15) is 36.7 Å². The molecule has 2 heteroatoms. The Morgan fingerprint density at radius 2 is 2.07 bits per heavy atom. The fourth-order valence-corrected chi connectivity index (χ4v) is 1.84. The number of fused-ring (bicyclic) bond motifs is 1. The van der Waals surface area contributed by atoms with Gasteiger partial charge in [0.2, 0.25) is 0 Å². The first-order valence-corrected chi connectivity index (χ1v) is 5.35. The van der Waals surface area contributed by atoms with E-state index in [1.165, 1.54) is 16.5 Å². The van der Waals surface area contributed by atoms with Gasteiger partial charge in [0.25, 0.3) is 0 Å². The zero-order chi connectivity index (χ0) is 11.0. The molecule has 1 aromatic carbocycles. The van der Waals surface area contributed by atoms with Crippen LogP contribution in [0.25, 0.3) is 11.0 Å². The number of benzene rings is 1. The van der Waals surface area contributed by atoms with Crippen molar-refractivity contribution in [1.82, 2.24) is 0 Å². The lowest BCUT2D eigenvalue weighted by Gasteiger charge is -2.04. The van der Waals surface area contributed by atoms with Crippen molar-refractivity contribution >= 4 is 11.0 Å². The number of furan rings is 1. The fraction of sp³-hybridized carbons (Fsp3) is 0.385. The Hall–Kier alpha value is -1.28. The van der Waals surface area contributed by atoms with Gasteiger partial charge in [-0.1, -0.05) is 19.9 Å². The van der Waals surface area contributed by atoms with Crippen molar-refractivity contribution in [2.45, 2.75) is 33.2 Å². The van der Waals surface area contributed by atoms with Gasteiger partial charge in [-0.25, -0.2) is 0 Å². The summed E-state index contributed by atoms with van der Waals surface area (Å²) in [5, 5.41) is 1.20. The van der Waals surface area contributed by atoms with Gasteiger partial charge >= 0.3 is 0 Å². The van der Waals surface area contributed by atoms with Gasteiger partial charge in [0, 0.05) is 5.39 Å². The van der Waals surface area contributed by atoms with Crippen molar-refractivity contribution in [1.29, 1.82) is 0 Å². The molecule has 0 aliphatic carbocycles. The summed E-state index contributed by atoms with van der Waals surface area (Å²) in [6.45, 7) is 6.93. The molecule has 2 rings (SSSR count). The van der Waals surface area contributed by atoms with Gasteiger partial charge in [-0.15, -0.1) is 0 Å². The van der Waals surface area contributed by atoms with Crippen LogP contribution in [0.2, 0.25) is 0 Å². The summed E-state index contributed by atoms with van der Waals surface area (Å²) in [5.74, 6) is 1.44. The summed E-state index contributed by atoms with van der Waals surface area (Å²) in [6, 6.07) is 6.37. The van der Waals surface area contributed by atoms with Crippen LogP contribution in [-0.2, 0) is 6.54 Å². The SMILES string of the molecule is Cc1c(CN)oc2ccc(C(C)C)cc12. The number of hydrogen-bond acceptors (Lipinski definition) is 2. The summed E-state index contributed by atoms with van der Waals surface area (Å²) in [4.78, 5) is 0. The second kappa shape index (κ2) is 3.70. The molecular formula is C13H17NO. The van der Waals surface area contributed by atoms with Crippen LogP contribution in [0.3, 0.4) is 0 Å². The third-order valence-electron chi connectivity index (χ3n) is 2.91. The normalized spacial score (nSPS) is 11.5. The van der Waals surface area contributed by atoms with Gasteiger partial charge < -0.3 is 10.2 Å². The van der Waals surface area contributed by atoms with Crippen LogP contribution in [0.5, 0.6) is 0 Å². The molecule has 1 aromatic heterocycles. The Kier molecular flexibility index (Phi) is 2.53. The molecule has 0 saturated heterocycles. The van der Waals surface area contributed by atoms with Crippen molar-refractivity contribution in [2.24, 2.45) is 5.73 Å². The summed E-state index contributed by atoms with van der Waals surface area (Å²) >= 11 is 0. The topological polar surface area (TPSA) is 39.2 Å². The van der Waals surface area contributed by atoms with Gasteiger partial charge in [0.15, 0.2) is 0 Å². The van der Waals surface area contributed by atoms with Crippen LogP contribution in [0.4, 0.5) is 0 Å². The Morgan fingerprint density at radius 1 is 1.33 bits per heavy atom. The van der Waals surface area contributed by atoms with E-state index >= 15 is 0 Å². The zero-order valence-electron chi connectivity index (χ0n) is 9.50. The average Bonchev–Trinajstić information content (AvgIpc) is 2.55. The van der Waals surface area contributed by atoms with Crippen molar-refractivity contribution in [3.8, 4) is 0 Å². The molecule has 0 radical (unpaired) electrons. The van der Waals surface area contributed by atoms with Crippen molar-refractivity contribution < 1.29 is 4.42 Å². The zero-order valence-corrected chi connectivity index (χ0v) is 9.50. The predicted octanol–water partition coefficient (Wildman–Crippen LogP) is 3.32. The standard InChI is InChI=1S/C13H17NO/c1-8(2)10-4-5-12-11(6-10)9(3)13(7-14)15-12/h4-6,8H,7,14H2,1-3H3. The largest absolute Gasteiger partial charge is 0.459 e. The maximum absolute atomic E-state index is 5.66. The molecule has 0 aliphatic rings. The first kappa shape index (κ1) is 10.2. The smallest absolute Gasteiger partial charge is 0.134 e. The summed E-state index contributed by atoms with van der Waals surface area (Å²) in [5.41, 5.74) is 9.08. The van der Waals surface area contributed by atoms with E-state index in [1.807, 2.05) is 6.07 Å². The number of rotatable bonds is 2. The third-order valence-corrected chi connectivity index (χ3v) is 2.91. The first-order chi connectivity index (χ1) is 7.13. The molecular weight excluding hydrogens is 186 g/mol. The minimum atomic E-state index is 0.470. The minimum Gasteiger partial charge on any atom is -0.459 e. The second-order valence-electron chi connectivity index (χ2n) is 4.26. The summed E-state index contributed by atoms with van der Waals surface area (Å²) in [6.07, 6.45) is 0. The third kappa shape index (κ3) is 1.65. The van der Waals surface area contributed by atoms with Crippen molar-refractivity contribution in [2.75, 3.05) is 0 Å². The lowest BCUT2D eigenvalue weighted by Crippen LogP contribution is -1.95. The molecule has 0 amide bonds. The minimum absolute atomic E-state index is 0.470. The fourth-order valence-electron chi connectivity index (χ4n) is 1.84. The van der Waals surface area contributed by atoms with Gasteiger partial charge in [-0.3, -0.25) is 0 Å². The Balaban J connectivity index is 2.65. The first-order valence-electron chi connectivity index (χ1n) is 5.35. The Labute approximate surface area is 90.1 Å². The number of aryl methyl sites for hydroxylation is 1. The highest BCUT2D eigenvalue weighted by Crippen LogP contribution is 2.28. The highest BCUT2D eigenvalue weighted by atomic mass is 16.3. The molecule has 2 N–H and O–H groups in total. The summed E-state index contributed by atoms with van der Waals surface area (Å²) in [7, 11) is 0. The van der Waals surface area contributed by atoms with Crippen LogP contribution in [0, 0.1) is 6.92 Å². The number of nitrogens with two attached hydrogens (primary N) is 1. The van der Waals surface area contributed by atoms with E-state index in [1.54, 1.807) is 0 Å². The van der Waals surface area contributed by atoms with Crippen molar-refractivity contribution in [3.63, 3.8) is 0 Å². The van der Waals surface area contributed by atoms with E-state index in [0.717, 1.165) is 11.3 Å². The number of hydrogen-bond donors (Lipinski definition) is 1. The Morgan fingerprint density at radius 3 is 2.67 bits per heavy atom. The van der Waals surface area contributed by atoms with Crippen LogP contribution >= 0.6 is 0 Å². The molecule has 0 unspecified atom stereocenters. The molecule has 1 heterocycles. The molecule has 0 spiro atoms. The second-order valence-corrected chi connectivity index (χ2v) is 4.26. The molecule has 0 saturated carbocycles. The van der Waals surface area contributed by atoms with Gasteiger partial charge in [-0.05, 0) is 36.1 Å². The molecule has 2 aromatic rings. The van der Waals surface area contributed by atoms with E-state index in [4.69, 9.17) is 10.2 Å². The maximum Gasteiger partial charge on any atom is 0.134 e. The quantitative estimate of drug-likeness (QED) is 0.813. The lowest BCUT2D eigenvalue weighted by molar-refractivity contribution is 0.548. The van der Waals surface area contributed by atoms with E-state index in [-0.39, 0.29) is 0 Å². The van der Waals surface area contributed by atoms with Crippen LogP contribution in [0.15, 0.2) is 22.6 Å². The average molecular weight is 203 g/mol. The molecule has 0 bridgehead atoms. The molecule has 0 aliphatic heterocycles. The van der Waals surface area contributed by atoms with E-state index in [9.17, 15) is 0 Å². The molecule has 2 nitrogen and oxygen atoms in total. The molecule has 80 valence electrons. The van der Waals surface area contributed by atoms with Crippen LogP contribution in [-0.4, -0.2) is 0 Å². The maximum atomic E-state index is 5.66. The highest BCUT2D eigenvalue weighted by Gasteiger charge is 2.10. The van der Waals surface area contributed by atoms with Crippen LogP contribution < -0.4 is 5.73 Å². The van der Waals surface area contributed by atoms with Gasteiger partial charge in [-0.2, -0.15) is 0 Å². The van der Waals surface area contributed by atoms with Gasteiger partial charge in [0.05, 0.1) is 6.54 Å². The molecule has 15 heavy (non-hydrogen) atoms. The Bertz CT molecular complexity index is 482. The van der Waals surface area contributed by atoms with E-state index < -0.39 is 0 Å². The van der Waals surface area contributed by atoms with E-state index in [0.29, 0.717) is 12.5 Å². The predicted molar refractivity (Wildman–Crippen MR) is 62.9 cm³/mol. The highest BCUT2D eigenvalue weighted by molar-refractivity contribution is 5.82. The molecule has 0 fully saturated rings. The lowest BCUT2D eigenvalue weighted by atomic mass is 10.0. The summed E-state index contributed by atoms with van der Waals surface area (Å²) < 4.78 is 5.66. The molecule has 0 atom stereocenters.